The molecule has 1 heterocycles. The molecule has 0 spiro atoms. The van der Waals surface area contributed by atoms with Crippen LogP contribution in [0, 0.1) is 0 Å². The second-order valence-corrected chi connectivity index (χ2v) is 5.35. The van der Waals surface area contributed by atoms with E-state index in [0.29, 0.717) is 23.9 Å². The van der Waals surface area contributed by atoms with Crippen LogP contribution in [0.4, 0.5) is 11.4 Å². The van der Waals surface area contributed by atoms with Gasteiger partial charge in [0.1, 0.15) is 0 Å². The zero-order chi connectivity index (χ0) is 15.2. The molecule has 0 aliphatic carbocycles. The molecule has 0 saturated carbocycles. The normalized spacial score (nSPS) is 18.6. The average molecular weight is 292 g/mol. The van der Waals surface area contributed by atoms with Crippen molar-refractivity contribution in [1.82, 2.24) is 0 Å². The van der Waals surface area contributed by atoms with Crippen molar-refractivity contribution in [2.24, 2.45) is 0 Å². The zero-order valence-corrected chi connectivity index (χ0v) is 12.5. The SMILES string of the molecule is CCOC(=O)c1ccc(N2CCCCC2CCO)c(N)c1. The van der Waals surface area contributed by atoms with Gasteiger partial charge >= 0.3 is 5.97 Å². The van der Waals surface area contributed by atoms with Gasteiger partial charge in [0.25, 0.3) is 0 Å². The van der Waals surface area contributed by atoms with Gasteiger partial charge in [-0.25, -0.2) is 4.79 Å². The van der Waals surface area contributed by atoms with E-state index in [9.17, 15) is 9.90 Å². The van der Waals surface area contributed by atoms with Crippen LogP contribution in [0.2, 0.25) is 0 Å². The number of aliphatic hydroxyl groups excluding tert-OH is 1. The van der Waals surface area contributed by atoms with Gasteiger partial charge < -0.3 is 20.5 Å². The number of aliphatic hydroxyl groups is 1. The fourth-order valence-electron chi connectivity index (χ4n) is 2.92. The van der Waals surface area contributed by atoms with Crippen LogP contribution >= 0.6 is 0 Å². The highest BCUT2D eigenvalue weighted by molar-refractivity contribution is 5.92. The van der Waals surface area contributed by atoms with E-state index < -0.39 is 0 Å². The number of carbonyl (C=O) groups is 1. The van der Waals surface area contributed by atoms with Crippen molar-refractivity contribution in [2.75, 3.05) is 30.4 Å². The van der Waals surface area contributed by atoms with Gasteiger partial charge in [-0.05, 0) is 50.8 Å². The molecule has 21 heavy (non-hydrogen) atoms. The first-order chi connectivity index (χ1) is 10.2. The Labute approximate surface area is 125 Å². The molecule has 2 rings (SSSR count). The largest absolute Gasteiger partial charge is 0.462 e. The fourth-order valence-corrected chi connectivity index (χ4v) is 2.92. The highest BCUT2D eigenvalue weighted by atomic mass is 16.5. The number of carbonyl (C=O) groups excluding carboxylic acids is 1. The second-order valence-electron chi connectivity index (χ2n) is 5.35. The maximum atomic E-state index is 11.7. The topological polar surface area (TPSA) is 75.8 Å². The molecule has 116 valence electrons. The molecule has 1 unspecified atom stereocenters. The van der Waals surface area contributed by atoms with Gasteiger partial charge in [-0.15, -0.1) is 0 Å². The number of anilines is 2. The summed E-state index contributed by atoms with van der Waals surface area (Å²) in [4.78, 5) is 14.0. The Morgan fingerprint density at radius 1 is 1.48 bits per heavy atom. The summed E-state index contributed by atoms with van der Waals surface area (Å²) in [5.41, 5.74) is 8.15. The molecule has 1 atom stereocenters. The third-order valence-corrected chi connectivity index (χ3v) is 3.94. The predicted molar refractivity (Wildman–Crippen MR) is 83.5 cm³/mol. The Morgan fingerprint density at radius 2 is 2.29 bits per heavy atom. The Kier molecular flexibility index (Phi) is 5.44. The number of esters is 1. The van der Waals surface area contributed by atoms with Crippen molar-refractivity contribution in [3.63, 3.8) is 0 Å². The predicted octanol–water partition coefficient (Wildman–Crippen LogP) is 2.19. The molecule has 1 aliphatic rings. The van der Waals surface area contributed by atoms with Crippen LogP contribution in [-0.4, -0.2) is 36.9 Å². The first kappa shape index (κ1) is 15.6. The van der Waals surface area contributed by atoms with Crippen molar-refractivity contribution in [3.8, 4) is 0 Å². The molecule has 0 bridgehead atoms. The van der Waals surface area contributed by atoms with Crippen LogP contribution in [0.1, 0.15) is 43.0 Å². The number of nitrogens with zero attached hydrogens (tertiary/aromatic N) is 1. The van der Waals surface area contributed by atoms with E-state index in [1.165, 1.54) is 6.42 Å². The van der Waals surface area contributed by atoms with Gasteiger partial charge in [0, 0.05) is 19.2 Å². The van der Waals surface area contributed by atoms with E-state index in [0.717, 1.165) is 31.5 Å². The lowest BCUT2D eigenvalue weighted by atomic mass is 9.98. The molecule has 1 saturated heterocycles. The van der Waals surface area contributed by atoms with Crippen molar-refractivity contribution in [2.45, 2.75) is 38.6 Å². The molecule has 1 aromatic rings. The highest BCUT2D eigenvalue weighted by Crippen LogP contribution is 2.31. The summed E-state index contributed by atoms with van der Waals surface area (Å²) in [5, 5.41) is 9.21. The Bertz CT molecular complexity index is 488. The van der Waals surface area contributed by atoms with E-state index in [-0.39, 0.29) is 12.6 Å². The lowest BCUT2D eigenvalue weighted by molar-refractivity contribution is 0.0526. The van der Waals surface area contributed by atoms with Crippen LogP contribution < -0.4 is 10.6 Å². The molecule has 1 aromatic carbocycles. The number of ether oxygens (including phenoxy) is 1. The van der Waals surface area contributed by atoms with Gasteiger partial charge in [-0.3, -0.25) is 0 Å². The lowest BCUT2D eigenvalue weighted by Crippen LogP contribution is -2.40. The number of rotatable bonds is 5. The van der Waals surface area contributed by atoms with E-state index in [1.54, 1.807) is 19.1 Å². The number of hydrogen-bond acceptors (Lipinski definition) is 5. The minimum Gasteiger partial charge on any atom is -0.462 e. The Balaban J connectivity index is 2.20. The first-order valence-electron chi connectivity index (χ1n) is 7.61. The van der Waals surface area contributed by atoms with Gasteiger partial charge in [-0.1, -0.05) is 0 Å². The number of piperidine rings is 1. The van der Waals surface area contributed by atoms with Crippen LogP contribution in [0.5, 0.6) is 0 Å². The maximum absolute atomic E-state index is 11.7. The van der Waals surface area contributed by atoms with Crippen LogP contribution in [0.25, 0.3) is 0 Å². The smallest absolute Gasteiger partial charge is 0.338 e. The molecule has 0 radical (unpaired) electrons. The van der Waals surface area contributed by atoms with Gasteiger partial charge in [0.2, 0.25) is 0 Å². The zero-order valence-electron chi connectivity index (χ0n) is 12.5. The van der Waals surface area contributed by atoms with Crippen LogP contribution in [0.15, 0.2) is 18.2 Å². The van der Waals surface area contributed by atoms with Gasteiger partial charge in [0.05, 0.1) is 23.5 Å². The van der Waals surface area contributed by atoms with E-state index in [2.05, 4.69) is 4.90 Å². The summed E-state index contributed by atoms with van der Waals surface area (Å²) in [5.74, 6) is -0.346. The minimum atomic E-state index is -0.346. The summed E-state index contributed by atoms with van der Waals surface area (Å²) in [6.45, 7) is 3.25. The lowest BCUT2D eigenvalue weighted by Gasteiger charge is -2.38. The van der Waals surface area contributed by atoms with Crippen LogP contribution in [-0.2, 0) is 4.74 Å². The second kappa shape index (κ2) is 7.31. The van der Waals surface area contributed by atoms with Crippen molar-refractivity contribution in [1.29, 1.82) is 0 Å². The standard InChI is InChI=1S/C16H24N2O3/c1-2-21-16(20)12-6-7-15(14(17)11-12)18-9-4-3-5-13(18)8-10-19/h6-7,11,13,19H,2-5,8-10,17H2,1H3. The van der Waals surface area contributed by atoms with E-state index >= 15 is 0 Å². The summed E-state index contributed by atoms with van der Waals surface area (Å²) >= 11 is 0. The Hall–Kier alpha value is -1.75. The summed E-state index contributed by atoms with van der Waals surface area (Å²) in [7, 11) is 0. The van der Waals surface area contributed by atoms with E-state index in [1.807, 2.05) is 6.07 Å². The first-order valence-corrected chi connectivity index (χ1v) is 7.61. The third kappa shape index (κ3) is 3.67. The molecular formula is C16H24N2O3. The van der Waals surface area contributed by atoms with Crippen molar-refractivity contribution in [3.05, 3.63) is 23.8 Å². The summed E-state index contributed by atoms with van der Waals surface area (Å²) < 4.78 is 4.99. The average Bonchev–Trinajstić information content (AvgIpc) is 2.48. The molecule has 5 heteroatoms. The molecule has 0 amide bonds. The number of hydrogen-bond donors (Lipinski definition) is 2. The molecular weight excluding hydrogens is 268 g/mol. The quantitative estimate of drug-likeness (QED) is 0.642. The molecule has 1 aliphatic heterocycles. The monoisotopic (exact) mass is 292 g/mol. The third-order valence-electron chi connectivity index (χ3n) is 3.94. The minimum absolute atomic E-state index is 0.183. The molecule has 0 aromatic heterocycles. The fraction of sp³-hybridized carbons (Fsp3) is 0.562. The Morgan fingerprint density at radius 3 is 2.95 bits per heavy atom. The summed E-state index contributed by atoms with van der Waals surface area (Å²) in [6.07, 6.45) is 4.13. The molecule has 1 fully saturated rings. The number of nitrogens with two attached hydrogens (primary N) is 1. The molecule has 5 nitrogen and oxygen atoms in total. The highest BCUT2D eigenvalue weighted by Gasteiger charge is 2.24. The maximum Gasteiger partial charge on any atom is 0.338 e. The number of nitrogen functional groups attached to an aromatic ring is 1. The molecule has 3 N–H and O–H groups in total. The van der Waals surface area contributed by atoms with Gasteiger partial charge in [0.15, 0.2) is 0 Å². The summed E-state index contributed by atoms with van der Waals surface area (Å²) in [6, 6.07) is 5.64. The van der Waals surface area contributed by atoms with Gasteiger partial charge in [-0.2, -0.15) is 0 Å². The van der Waals surface area contributed by atoms with Crippen molar-refractivity contribution >= 4 is 17.3 Å². The van der Waals surface area contributed by atoms with Crippen molar-refractivity contribution < 1.29 is 14.6 Å². The van der Waals surface area contributed by atoms with E-state index in [4.69, 9.17) is 10.5 Å². The number of benzene rings is 1. The van der Waals surface area contributed by atoms with Crippen LogP contribution in [0.3, 0.4) is 0 Å².